The standard InChI is InChI=1S/C15H20N2O/c1-4-9-17-11-12(8-10-16(2)3)15-13(17)6-5-7-14(15)18/h4-7,11,18H,1,8-10H2,2-3H3. The molecular weight excluding hydrogens is 224 g/mol. The number of aromatic nitrogens is 1. The van der Waals surface area contributed by atoms with Crippen LogP contribution < -0.4 is 0 Å². The van der Waals surface area contributed by atoms with E-state index in [1.54, 1.807) is 6.07 Å². The highest BCUT2D eigenvalue weighted by molar-refractivity contribution is 5.89. The number of hydrogen-bond donors (Lipinski definition) is 1. The first-order chi connectivity index (χ1) is 8.63. The van der Waals surface area contributed by atoms with Crippen molar-refractivity contribution in [1.29, 1.82) is 0 Å². The maximum atomic E-state index is 10.0. The maximum Gasteiger partial charge on any atom is 0.125 e. The molecule has 2 aromatic rings. The molecule has 0 radical (unpaired) electrons. The smallest absolute Gasteiger partial charge is 0.125 e. The first kappa shape index (κ1) is 12.7. The molecule has 0 saturated heterocycles. The Morgan fingerprint density at radius 2 is 2.17 bits per heavy atom. The van der Waals surface area contributed by atoms with Gasteiger partial charge in [0.1, 0.15) is 5.75 Å². The lowest BCUT2D eigenvalue weighted by atomic mass is 10.1. The highest BCUT2D eigenvalue weighted by Gasteiger charge is 2.11. The van der Waals surface area contributed by atoms with Crippen molar-refractivity contribution in [2.24, 2.45) is 0 Å². The Morgan fingerprint density at radius 3 is 2.83 bits per heavy atom. The molecule has 18 heavy (non-hydrogen) atoms. The second-order valence-corrected chi connectivity index (χ2v) is 4.82. The molecule has 0 unspecified atom stereocenters. The van der Waals surface area contributed by atoms with E-state index in [1.165, 1.54) is 5.56 Å². The molecule has 1 heterocycles. The summed E-state index contributed by atoms with van der Waals surface area (Å²) in [5.74, 6) is 0.365. The second-order valence-electron chi connectivity index (χ2n) is 4.82. The number of fused-ring (bicyclic) bond motifs is 1. The van der Waals surface area contributed by atoms with Crippen LogP contribution in [0, 0.1) is 0 Å². The fourth-order valence-electron chi connectivity index (χ4n) is 2.24. The molecule has 0 aliphatic carbocycles. The van der Waals surface area contributed by atoms with E-state index in [4.69, 9.17) is 0 Å². The van der Waals surface area contributed by atoms with Crippen LogP contribution in [-0.2, 0) is 13.0 Å². The number of aromatic hydroxyl groups is 1. The molecule has 0 bridgehead atoms. The molecule has 96 valence electrons. The van der Waals surface area contributed by atoms with Gasteiger partial charge in [-0.3, -0.25) is 0 Å². The highest BCUT2D eigenvalue weighted by Crippen LogP contribution is 2.30. The largest absolute Gasteiger partial charge is 0.507 e. The lowest BCUT2D eigenvalue weighted by Crippen LogP contribution is -2.14. The van der Waals surface area contributed by atoms with E-state index in [0.717, 1.165) is 30.4 Å². The molecule has 0 aliphatic rings. The zero-order valence-corrected chi connectivity index (χ0v) is 11.1. The van der Waals surface area contributed by atoms with Crippen molar-refractivity contribution >= 4 is 10.9 Å². The topological polar surface area (TPSA) is 28.4 Å². The van der Waals surface area contributed by atoms with E-state index in [2.05, 4.69) is 36.3 Å². The molecule has 3 heteroatoms. The Hall–Kier alpha value is -1.74. The minimum atomic E-state index is 0.365. The average molecular weight is 244 g/mol. The van der Waals surface area contributed by atoms with E-state index < -0.39 is 0 Å². The van der Waals surface area contributed by atoms with Crippen LogP contribution in [0.3, 0.4) is 0 Å². The third kappa shape index (κ3) is 2.41. The summed E-state index contributed by atoms with van der Waals surface area (Å²) in [6, 6.07) is 5.67. The number of hydrogen-bond acceptors (Lipinski definition) is 2. The van der Waals surface area contributed by atoms with E-state index in [0.29, 0.717) is 5.75 Å². The fraction of sp³-hybridized carbons (Fsp3) is 0.333. The third-order valence-corrected chi connectivity index (χ3v) is 3.12. The Labute approximate surface area is 108 Å². The van der Waals surface area contributed by atoms with Gasteiger partial charge < -0.3 is 14.6 Å². The van der Waals surface area contributed by atoms with Gasteiger partial charge in [-0.1, -0.05) is 12.1 Å². The van der Waals surface area contributed by atoms with Gasteiger partial charge in [-0.05, 0) is 38.2 Å². The van der Waals surface area contributed by atoms with Crippen molar-refractivity contribution in [3.63, 3.8) is 0 Å². The van der Waals surface area contributed by atoms with Crippen LogP contribution >= 0.6 is 0 Å². The van der Waals surface area contributed by atoms with Crippen LogP contribution in [0.15, 0.2) is 37.1 Å². The predicted octanol–water partition coefficient (Wildman–Crippen LogP) is 2.64. The number of likely N-dealkylation sites (N-methyl/N-ethyl adjacent to an activating group) is 1. The first-order valence-electron chi connectivity index (χ1n) is 6.19. The number of phenols is 1. The molecule has 0 spiro atoms. The van der Waals surface area contributed by atoms with Crippen LogP contribution in [0.5, 0.6) is 5.75 Å². The van der Waals surface area contributed by atoms with Crippen LogP contribution in [0.2, 0.25) is 0 Å². The van der Waals surface area contributed by atoms with Crippen molar-refractivity contribution in [3.8, 4) is 5.75 Å². The minimum absolute atomic E-state index is 0.365. The first-order valence-corrected chi connectivity index (χ1v) is 6.19. The number of nitrogens with zero attached hydrogens (tertiary/aromatic N) is 2. The second kappa shape index (κ2) is 5.27. The van der Waals surface area contributed by atoms with E-state index >= 15 is 0 Å². The normalized spacial score (nSPS) is 11.3. The van der Waals surface area contributed by atoms with Crippen molar-refractivity contribution in [1.82, 2.24) is 9.47 Å². The molecule has 0 amide bonds. The molecule has 2 rings (SSSR count). The lowest BCUT2D eigenvalue weighted by molar-refractivity contribution is 0.413. The maximum absolute atomic E-state index is 10.0. The molecule has 0 aliphatic heterocycles. The molecule has 1 aromatic carbocycles. The third-order valence-electron chi connectivity index (χ3n) is 3.12. The van der Waals surface area contributed by atoms with Gasteiger partial charge in [-0.15, -0.1) is 6.58 Å². The average Bonchev–Trinajstić information content (AvgIpc) is 2.67. The van der Waals surface area contributed by atoms with Gasteiger partial charge in [-0.25, -0.2) is 0 Å². The number of allylic oxidation sites excluding steroid dienone is 1. The van der Waals surface area contributed by atoms with Gasteiger partial charge in [0.25, 0.3) is 0 Å². The SMILES string of the molecule is C=CCn1cc(CCN(C)C)c2c(O)cccc21. The summed E-state index contributed by atoms with van der Waals surface area (Å²) in [4.78, 5) is 2.15. The summed E-state index contributed by atoms with van der Waals surface area (Å²) < 4.78 is 2.13. The van der Waals surface area contributed by atoms with Gasteiger partial charge in [0.2, 0.25) is 0 Å². The summed E-state index contributed by atoms with van der Waals surface area (Å²) in [5, 5.41) is 11.0. The predicted molar refractivity (Wildman–Crippen MR) is 76.1 cm³/mol. The van der Waals surface area contributed by atoms with Crippen molar-refractivity contribution in [3.05, 3.63) is 42.6 Å². The summed E-state index contributed by atoms with van der Waals surface area (Å²) in [6.07, 6.45) is 4.93. The number of rotatable bonds is 5. The molecule has 0 atom stereocenters. The zero-order valence-electron chi connectivity index (χ0n) is 11.1. The van der Waals surface area contributed by atoms with Crippen LogP contribution in [0.4, 0.5) is 0 Å². The highest BCUT2D eigenvalue weighted by atomic mass is 16.3. The van der Waals surface area contributed by atoms with Gasteiger partial charge in [0.15, 0.2) is 0 Å². The Morgan fingerprint density at radius 1 is 1.39 bits per heavy atom. The van der Waals surface area contributed by atoms with Crippen LogP contribution in [-0.4, -0.2) is 35.2 Å². The van der Waals surface area contributed by atoms with Gasteiger partial charge in [-0.2, -0.15) is 0 Å². The fourth-order valence-corrected chi connectivity index (χ4v) is 2.24. The minimum Gasteiger partial charge on any atom is -0.507 e. The van der Waals surface area contributed by atoms with Crippen molar-refractivity contribution in [2.75, 3.05) is 20.6 Å². The summed E-state index contributed by atoms with van der Waals surface area (Å²) in [7, 11) is 4.12. The van der Waals surface area contributed by atoms with E-state index in [-0.39, 0.29) is 0 Å². The lowest BCUT2D eigenvalue weighted by Gasteiger charge is -2.08. The Balaban J connectivity index is 2.47. The number of phenolic OH excluding ortho intramolecular Hbond substituents is 1. The van der Waals surface area contributed by atoms with Crippen LogP contribution in [0.25, 0.3) is 10.9 Å². The number of benzene rings is 1. The molecule has 1 aromatic heterocycles. The van der Waals surface area contributed by atoms with E-state index in [9.17, 15) is 5.11 Å². The van der Waals surface area contributed by atoms with Gasteiger partial charge >= 0.3 is 0 Å². The monoisotopic (exact) mass is 244 g/mol. The summed E-state index contributed by atoms with van der Waals surface area (Å²) in [5.41, 5.74) is 2.27. The Kier molecular flexibility index (Phi) is 3.72. The van der Waals surface area contributed by atoms with Crippen LogP contribution in [0.1, 0.15) is 5.56 Å². The zero-order chi connectivity index (χ0) is 13.1. The van der Waals surface area contributed by atoms with Gasteiger partial charge in [0, 0.05) is 24.7 Å². The van der Waals surface area contributed by atoms with E-state index in [1.807, 2.05) is 18.2 Å². The Bertz CT molecular complexity index is 555. The molecular formula is C15H20N2O. The quantitative estimate of drug-likeness (QED) is 0.819. The molecule has 0 fully saturated rings. The summed E-state index contributed by atoms with van der Waals surface area (Å²) >= 11 is 0. The van der Waals surface area contributed by atoms with Crippen molar-refractivity contribution in [2.45, 2.75) is 13.0 Å². The molecule has 1 N–H and O–H groups in total. The molecule has 0 saturated carbocycles. The van der Waals surface area contributed by atoms with Gasteiger partial charge in [0.05, 0.1) is 5.52 Å². The summed E-state index contributed by atoms with van der Waals surface area (Å²) in [6.45, 7) is 5.52. The van der Waals surface area contributed by atoms with Crippen molar-refractivity contribution < 1.29 is 5.11 Å². The molecule has 3 nitrogen and oxygen atoms in total.